The van der Waals surface area contributed by atoms with E-state index in [9.17, 15) is 0 Å². The first-order valence-corrected chi connectivity index (χ1v) is 8.32. The van der Waals surface area contributed by atoms with Crippen molar-refractivity contribution < 1.29 is 0 Å². The molecule has 0 fully saturated rings. The summed E-state index contributed by atoms with van der Waals surface area (Å²) in [6.45, 7) is 0. The Balaban J connectivity index is 1.57. The molecule has 0 aliphatic heterocycles. The van der Waals surface area contributed by atoms with E-state index >= 15 is 0 Å². The normalized spacial score (nSPS) is 10.2. The molecule has 0 aliphatic carbocycles. The molecular formula is C20H19N3S. The van der Waals surface area contributed by atoms with Crippen molar-refractivity contribution in [2.45, 2.75) is 12.8 Å². The quantitative estimate of drug-likeness (QED) is 0.665. The minimum Gasteiger partial charge on any atom is -0.332 e. The summed E-state index contributed by atoms with van der Waals surface area (Å²) < 4.78 is 0. The molecule has 0 aliphatic rings. The van der Waals surface area contributed by atoms with Crippen LogP contribution in [0.25, 0.3) is 0 Å². The predicted octanol–water partition coefficient (Wildman–Crippen LogP) is 4.68. The van der Waals surface area contributed by atoms with Gasteiger partial charge < -0.3 is 10.6 Å². The maximum absolute atomic E-state index is 5.37. The average Bonchev–Trinajstić information content (AvgIpc) is 2.62. The Morgan fingerprint density at radius 3 is 2.33 bits per heavy atom. The second-order valence-corrected chi connectivity index (χ2v) is 5.87. The van der Waals surface area contributed by atoms with Crippen molar-refractivity contribution in [2.75, 3.05) is 10.6 Å². The van der Waals surface area contributed by atoms with Gasteiger partial charge in [0.2, 0.25) is 0 Å². The first kappa shape index (κ1) is 16.1. The first-order chi connectivity index (χ1) is 11.8. The van der Waals surface area contributed by atoms with Crippen LogP contribution in [0.4, 0.5) is 11.4 Å². The van der Waals surface area contributed by atoms with Crippen LogP contribution in [0.1, 0.15) is 11.3 Å². The molecule has 2 N–H and O–H groups in total. The molecule has 0 saturated carbocycles. The average molecular weight is 333 g/mol. The SMILES string of the molecule is S=C(Nc1ccccc1)Nc1cccc(CCc2ccccn2)c1. The van der Waals surface area contributed by atoms with Gasteiger partial charge in [-0.2, -0.15) is 0 Å². The molecule has 0 radical (unpaired) electrons. The second-order valence-electron chi connectivity index (χ2n) is 5.47. The van der Waals surface area contributed by atoms with Gasteiger partial charge in [-0.05, 0) is 67.0 Å². The Kier molecular flexibility index (Phi) is 5.53. The number of aromatic nitrogens is 1. The van der Waals surface area contributed by atoms with Crippen molar-refractivity contribution in [1.29, 1.82) is 0 Å². The standard InChI is InChI=1S/C20H19N3S/c24-20(22-18-9-2-1-3-10-18)23-19-11-6-7-16(15-19)12-13-17-8-4-5-14-21-17/h1-11,14-15H,12-13H2,(H2,22,23,24). The Morgan fingerprint density at radius 2 is 1.54 bits per heavy atom. The zero-order chi connectivity index (χ0) is 16.6. The van der Waals surface area contributed by atoms with Crippen molar-refractivity contribution in [3.8, 4) is 0 Å². The van der Waals surface area contributed by atoms with Crippen LogP contribution in [0.2, 0.25) is 0 Å². The highest BCUT2D eigenvalue weighted by molar-refractivity contribution is 7.80. The Bertz CT molecular complexity index is 788. The van der Waals surface area contributed by atoms with E-state index in [-0.39, 0.29) is 0 Å². The lowest BCUT2D eigenvalue weighted by atomic mass is 10.1. The smallest absolute Gasteiger partial charge is 0.175 e. The van der Waals surface area contributed by atoms with E-state index < -0.39 is 0 Å². The lowest BCUT2D eigenvalue weighted by molar-refractivity contribution is 0.914. The van der Waals surface area contributed by atoms with Gasteiger partial charge in [0.25, 0.3) is 0 Å². The van der Waals surface area contributed by atoms with Crippen molar-refractivity contribution in [1.82, 2.24) is 4.98 Å². The minimum absolute atomic E-state index is 0.586. The molecule has 3 nitrogen and oxygen atoms in total. The number of benzene rings is 2. The van der Waals surface area contributed by atoms with E-state index in [1.807, 2.05) is 60.8 Å². The topological polar surface area (TPSA) is 37.0 Å². The highest BCUT2D eigenvalue weighted by atomic mass is 32.1. The third-order valence-corrected chi connectivity index (χ3v) is 3.82. The molecule has 3 rings (SSSR count). The largest absolute Gasteiger partial charge is 0.332 e. The van der Waals surface area contributed by atoms with Crippen LogP contribution >= 0.6 is 12.2 Å². The number of aryl methyl sites for hydroxylation is 2. The van der Waals surface area contributed by atoms with E-state index in [1.54, 1.807) is 0 Å². The van der Waals surface area contributed by atoms with Gasteiger partial charge in [-0.3, -0.25) is 4.98 Å². The molecule has 4 heteroatoms. The van der Waals surface area contributed by atoms with E-state index in [0.29, 0.717) is 5.11 Å². The van der Waals surface area contributed by atoms with E-state index in [2.05, 4.69) is 33.8 Å². The summed E-state index contributed by atoms with van der Waals surface area (Å²) in [5.41, 5.74) is 4.33. The summed E-state index contributed by atoms with van der Waals surface area (Å²) in [5, 5.41) is 7.00. The van der Waals surface area contributed by atoms with Crippen LogP contribution in [-0.4, -0.2) is 10.1 Å². The van der Waals surface area contributed by atoms with Gasteiger partial charge in [0, 0.05) is 23.3 Å². The van der Waals surface area contributed by atoms with Crippen LogP contribution in [-0.2, 0) is 12.8 Å². The third-order valence-electron chi connectivity index (χ3n) is 3.61. The van der Waals surface area contributed by atoms with Crippen molar-refractivity contribution in [3.63, 3.8) is 0 Å². The summed E-state index contributed by atoms with van der Waals surface area (Å²) in [6.07, 6.45) is 3.71. The number of nitrogens with zero attached hydrogens (tertiary/aromatic N) is 1. The number of hydrogen-bond donors (Lipinski definition) is 2. The molecule has 1 aromatic heterocycles. The molecule has 0 saturated heterocycles. The second kappa shape index (κ2) is 8.22. The zero-order valence-corrected chi connectivity index (χ0v) is 14.1. The van der Waals surface area contributed by atoms with E-state index in [4.69, 9.17) is 12.2 Å². The van der Waals surface area contributed by atoms with Gasteiger partial charge in [-0.1, -0.05) is 36.4 Å². The van der Waals surface area contributed by atoms with E-state index in [1.165, 1.54) is 5.56 Å². The number of pyridine rings is 1. The Hall–Kier alpha value is -2.72. The van der Waals surface area contributed by atoms with Gasteiger partial charge in [-0.15, -0.1) is 0 Å². The maximum atomic E-state index is 5.37. The Morgan fingerprint density at radius 1 is 0.792 bits per heavy atom. The summed E-state index contributed by atoms with van der Waals surface area (Å²) in [4.78, 5) is 4.37. The highest BCUT2D eigenvalue weighted by Gasteiger charge is 2.01. The molecule has 0 unspecified atom stereocenters. The number of rotatable bonds is 5. The number of para-hydroxylation sites is 1. The van der Waals surface area contributed by atoms with Crippen molar-refractivity contribution >= 4 is 28.7 Å². The van der Waals surface area contributed by atoms with Crippen LogP contribution in [0.15, 0.2) is 79.0 Å². The zero-order valence-electron chi connectivity index (χ0n) is 13.3. The fraction of sp³-hybridized carbons (Fsp3) is 0.100. The molecular weight excluding hydrogens is 314 g/mol. The third kappa shape index (κ3) is 4.89. The molecule has 2 aromatic carbocycles. The fourth-order valence-electron chi connectivity index (χ4n) is 2.44. The molecule has 0 bridgehead atoms. The van der Waals surface area contributed by atoms with Gasteiger partial charge in [0.05, 0.1) is 0 Å². The van der Waals surface area contributed by atoms with E-state index in [0.717, 1.165) is 29.9 Å². The number of nitrogens with one attached hydrogen (secondary N) is 2. The summed E-state index contributed by atoms with van der Waals surface area (Å²) >= 11 is 5.37. The fourth-order valence-corrected chi connectivity index (χ4v) is 2.67. The first-order valence-electron chi connectivity index (χ1n) is 7.91. The lowest BCUT2D eigenvalue weighted by Gasteiger charge is -2.11. The maximum Gasteiger partial charge on any atom is 0.175 e. The van der Waals surface area contributed by atoms with Gasteiger partial charge in [-0.25, -0.2) is 0 Å². The monoisotopic (exact) mass is 333 g/mol. The van der Waals surface area contributed by atoms with Crippen molar-refractivity contribution in [2.24, 2.45) is 0 Å². The Labute approximate surface area is 147 Å². The van der Waals surface area contributed by atoms with Crippen LogP contribution < -0.4 is 10.6 Å². The molecule has 3 aromatic rings. The lowest BCUT2D eigenvalue weighted by Crippen LogP contribution is -2.19. The number of anilines is 2. The number of hydrogen-bond acceptors (Lipinski definition) is 2. The summed E-state index contributed by atoms with van der Waals surface area (Å²) in [5.74, 6) is 0. The van der Waals surface area contributed by atoms with Gasteiger partial charge in [0.1, 0.15) is 0 Å². The van der Waals surface area contributed by atoms with Crippen molar-refractivity contribution in [3.05, 3.63) is 90.3 Å². The molecule has 0 amide bonds. The molecule has 24 heavy (non-hydrogen) atoms. The summed E-state index contributed by atoms with van der Waals surface area (Å²) in [6, 6.07) is 24.2. The minimum atomic E-state index is 0.586. The molecule has 120 valence electrons. The summed E-state index contributed by atoms with van der Waals surface area (Å²) in [7, 11) is 0. The van der Waals surface area contributed by atoms with Crippen LogP contribution in [0.3, 0.4) is 0 Å². The highest BCUT2D eigenvalue weighted by Crippen LogP contribution is 2.14. The van der Waals surface area contributed by atoms with Gasteiger partial charge in [0.15, 0.2) is 5.11 Å². The molecule has 0 atom stereocenters. The molecule has 1 heterocycles. The van der Waals surface area contributed by atoms with Crippen LogP contribution in [0.5, 0.6) is 0 Å². The predicted molar refractivity (Wildman–Crippen MR) is 104 cm³/mol. The number of thiocarbonyl (C=S) groups is 1. The van der Waals surface area contributed by atoms with Gasteiger partial charge >= 0.3 is 0 Å². The van der Waals surface area contributed by atoms with Crippen LogP contribution in [0, 0.1) is 0 Å². The molecule has 0 spiro atoms.